The minimum atomic E-state index is -3.65. The SMILES string of the molecule is Cc1ccc(F)cc1S(=O)(=O)NCCN.Cl. The van der Waals surface area contributed by atoms with Crippen LogP contribution in [0.1, 0.15) is 5.56 Å². The maximum Gasteiger partial charge on any atom is 0.240 e. The van der Waals surface area contributed by atoms with Crippen LogP contribution in [0.25, 0.3) is 0 Å². The molecule has 1 aromatic carbocycles. The second-order valence-electron chi connectivity index (χ2n) is 3.10. The van der Waals surface area contributed by atoms with E-state index in [-0.39, 0.29) is 30.4 Å². The number of halogens is 2. The Bertz CT molecular complexity index is 451. The summed E-state index contributed by atoms with van der Waals surface area (Å²) in [4.78, 5) is -0.0454. The number of aryl methyl sites for hydroxylation is 1. The van der Waals surface area contributed by atoms with Crippen LogP contribution in [0, 0.1) is 12.7 Å². The third kappa shape index (κ3) is 3.71. The minimum Gasteiger partial charge on any atom is -0.329 e. The van der Waals surface area contributed by atoms with Crippen LogP contribution in [0.15, 0.2) is 23.1 Å². The van der Waals surface area contributed by atoms with Gasteiger partial charge in [-0.2, -0.15) is 0 Å². The number of benzene rings is 1. The molecule has 4 nitrogen and oxygen atoms in total. The summed E-state index contributed by atoms with van der Waals surface area (Å²) in [7, 11) is -3.65. The van der Waals surface area contributed by atoms with E-state index >= 15 is 0 Å². The summed E-state index contributed by atoms with van der Waals surface area (Å²) < 4.78 is 38.4. The third-order valence-electron chi connectivity index (χ3n) is 1.88. The maximum absolute atomic E-state index is 12.9. The Morgan fingerprint density at radius 3 is 2.62 bits per heavy atom. The molecule has 0 aliphatic heterocycles. The van der Waals surface area contributed by atoms with Crippen LogP contribution in [0.2, 0.25) is 0 Å². The molecule has 0 radical (unpaired) electrons. The van der Waals surface area contributed by atoms with Gasteiger partial charge < -0.3 is 5.73 Å². The van der Waals surface area contributed by atoms with Crippen molar-refractivity contribution in [3.05, 3.63) is 29.6 Å². The van der Waals surface area contributed by atoms with Gasteiger partial charge in [-0.3, -0.25) is 0 Å². The van der Waals surface area contributed by atoms with Crippen molar-refractivity contribution < 1.29 is 12.8 Å². The van der Waals surface area contributed by atoms with Crippen LogP contribution >= 0.6 is 12.4 Å². The number of nitrogens with one attached hydrogen (secondary N) is 1. The van der Waals surface area contributed by atoms with Gasteiger partial charge in [0.2, 0.25) is 10.0 Å². The molecule has 92 valence electrons. The van der Waals surface area contributed by atoms with Crippen molar-refractivity contribution in [2.45, 2.75) is 11.8 Å². The molecule has 0 aliphatic carbocycles. The van der Waals surface area contributed by atoms with Crippen LogP contribution in [-0.2, 0) is 10.0 Å². The highest BCUT2D eigenvalue weighted by atomic mass is 35.5. The topological polar surface area (TPSA) is 72.2 Å². The fourth-order valence-corrected chi connectivity index (χ4v) is 2.44. The van der Waals surface area contributed by atoms with Crippen molar-refractivity contribution in [1.29, 1.82) is 0 Å². The van der Waals surface area contributed by atoms with Crippen LogP contribution in [0.3, 0.4) is 0 Å². The first-order chi connectivity index (χ1) is 6.97. The summed E-state index contributed by atoms with van der Waals surface area (Å²) in [6.45, 7) is 1.95. The summed E-state index contributed by atoms with van der Waals surface area (Å²) >= 11 is 0. The zero-order valence-corrected chi connectivity index (χ0v) is 10.4. The third-order valence-corrected chi connectivity index (χ3v) is 3.48. The molecule has 1 rings (SSSR count). The first-order valence-corrected chi connectivity index (χ1v) is 5.91. The van der Waals surface area contributed by atoms with Crippen molar-refractivity contribution in [2.24, 2.45) is 5.73 Å². The van der Waals surface area contributed by atoms with Gasteiger partial charge in [0, 0.05) is 13.1 Å². The van der Waals surface area contributed by atoms with Gasteiger partial charge in [0.1, 0.15) is 5.82 Å². The monoisotopic (exact) mass is 268 g/mol. The standard InChI is InChI=1S/C9H13FN2O2S.ClH/c1-7-2-3-8(10)6-9(7)15(13,14)12-5-4-11;/h2-3,6,12H,4-5,11H2,1H3;1H. The average molecular weight is 269 g/mol. The van der Waals surface area contributed by atoms with Crippen LogP contribution in [-0.4, -0.2) is 21.5 Å². The lowest BCUT2D eigenvalue weighted by atomic mass is 10.2. The Morgan fingerprint density at radius 1 is 1.44 bits per heavy atom. The molecular weight excluding hydrogens is 255 g/mol. The van der Waals surface area contributed by atoms with Crippen molar-refractivity contribution in [3.8, 4) is 0 Å². The largest absolute Gasteiger partial charge is 0.329 e. The smallest absolute Gasteiger partial charge is 0.240 e. The Morgan fingerprint density at radius 2 is 2.06 bits per heavy atom. The minimum absolute atomic E-state index is 0. The summed E-state index contributed by atoms with van der Waals surface area (Å²) in [5, 5.41) is 0. The van der Waals surface area contributed by atoms with Crippen molar-refractivity contribution >= 4 is 22.4 Å². The van der Waals surface area contributed by atoms with E-state index in [1.165, 1.54) is 12.1 Å². The number of hydrogen-bond donors (Lipinski definition) is 2. The fourth-order valence-electron chi connectivity index (χ4n) is 1.13. The molecule has 1 aromatic rings. The van der Waals surface area contributed by atoms with Gasteiger partial charge >= 0.3 is 0 Å². The highest BCUT2D eigenvalue weighted by molar-refractivity contribution is 7.89. The van der Waals surface area contributed by atoms with E-state index in [0.717, 1.165) is 6.07 Å². The van der Waals surface area contributed by atoms with Gasteiger partial charge in [0.15, 0.2) is 0 Å². The van der Waals surface area contributed by atoms with Gasteiger partial charge in [0.05, 0.1) is 4.90 Å². The number of nitrogens with two attached hydrogens (primary N) is 1. The lowest BCUT2D eigenvalue weighted by Crippen LogP contribution is -2.29. The summed E-state index contributed by atoms with van der Waals surface area (Å²) in [5.74, 6) is -0.575. The zero-order valence-electron chi connectivity index (χ0n) is 8.73. The molecule has 0 saturated carbocycles. The van der Waals surface area contributed by atoms with Crippen molar-refractivity contribution in [3.63, 3.8) is 0 Å². The molecule has 0 heterocycles. The van der Waals surface area contributed by atoms with Gasteiger partial charge in [0.25, 0.3) is 0 Å². The van der Waals surface area contributed by atoms with Gasteiger partial charge in [-0.25, -0.2) is 17.5 Å². The van der Waals surface area contributed by atoms with E-state index < -0.39 is 15.8 Å². The van der Waals surface area contributed by atoms with Gasteiger partial charge in [-0.15, -0.1) is 12.4 Å². The van der Waals surface area contributed by atoms with Crippen molar-refractivity contribution in [1.82, 2.24) is 4.72 Å². The Kier molecular flexibility index (Phi) is 5.88. The molecule has 0 unspecified atom stereocenters. The van der Waals surface area contributed by atoms with E-state index in [0.29, 0.717) is 5.56 Å². The van der Waals surface area contributed by atoms with E-state index in [1.807, 2.05) is 0 Å². The molecule has 0 bridgehead atoms. The molecule has 0 aromatic heterocycles. The normalized spacial score (nSPS) is 10.9. The second-order valence-corrected chi connectivity index (χ2v) is 4.83. The lowest BCUT2D eigenvalue weighted by Gasteiger charge is -2.08. The molecule has 3 N–H and O–H groups in total. The Balaban J connectivity index is 0.00000225. The molecular formula is C9H14ClFN2O2S. The first kappa shape index (κ1) is 15.3. The quantitative estimate of drug-likeness (QED) is 0.848. The molecule has 0 amide bonds. The average Bonchev–Trinajstić information content (AvgIpc) is 2.18. The predicted molar refractivity (Wildman–Crippen MR) is 62.6 cm³/mol. The summed E-state index contributed by atoms with van der Waals surface area (Å²) in [6, 6.07) is 3.64. The molecule has 7 heteroatoms. The molecule has 0 saturated heterocycles. The Hall–Kier alpha value is -0.690. The molecule has 16 heavy (non-hydrogen) atoms. The highest BCUT2D eigenvalue weighted by Crippen LogP contribution is 2.15. The maximum atomic E-state index is 12.9. The van der Waals surface area contributed by atoms with E-state index in [1.54, 1.807) is 6.92 Å². The number of rotatable bonds is 4. The first-order valence-electron chi connectivity index (χ1n) is 4.43. The second kappa shape index (κ2) is 6.15. The lowest BCUT2D eigenvalue weighted by molar-refractivity contribution is 0.577. The number of hydrogen-bond acceptors (Lipinski definition) is 3. The summed E-state index contributed by atoms with van der Waals surface area (Å²) in [6.07, 6.45) is 0. The van der Waals surface area contributed by atoms with Crippen LogP contribution < -0.4 is 10.5 Å². The van der Waals surface area contributed by atoms with E-state index in [9.17, 15) is 12.8 Å². The van der Waals surface area contributed by atoms with E-state index in [4.69, 9.17) is 5.73 Å². The molecule has 0 aliphatic rings. The van der Waals surface area contributed by atoms with Crippen LogP contribution in [0.4, 0.5) is 4.39 Å². The van der Waals surface area contributed by atoms with Crippen LogP contribution in [0.5, 0.6) is 0 Å². The van der Waals surface area contributed by atoms with Crippen molar-refractivity contribution in [2.75, 3.05) is 13.1 Å². The van der Waals surface area contributed by atoms with Gasteiger partial charge in [-0.1, -0.05) is 6.07 Å². The molecule has 0 fully saturated rings. The fraction of sp³-hybridized carbons (Fsp3) is 0.333. The van der Waals surface area contributed by atoms with Gasteiger partial charge in [-0.05, 0) is 24.6 Å². The van der Waals surface area contributed by atoms with E-state index in [2.05, 4.69) is 4.72 Å². The molecule has 0 atom stereocenters. The predicted octanol–water partition coefficient (Wildman–Crippen LogP) is 0.793. The zero-order chi connectivity index (χ0) is 11.5. The molecule has 0 spiro atoms. The number of sulfonamides is 1. The summed E-state index contributed by atoms with van der Waals surface area (Å²) in [5.41, 5.74) is 5.68. The Labute approximate surface area is 100 Å². The highest BCUT2D eigenvalue weighted by Gasteiger charge is 2.16.